The monoisotopic (exact) mass is 373 g/mol. The van der Waals surface area contributed by atoms with Crippen LogP contribution in [0, 0.1) is 0 Å². The van der Waals surface area contributed by atoms with E-state index in [9.17, 15) is 4.79 Å². The molecule has 1 rings (SSSR count). The molecule has 100 valence electrons. The summed E-state index contributed by atoms with van der Waals surface area (Å²) in [6, 6.07) is 7.82. The first-order valence-corrected chi connectivity index (χ1v) is 7.01. The maximum Gasteiger partial charge on any atom is 0.407 e. The Hall–Kier alpha value is -0.160. The molecule has 0 fully saturated rings. The summed E-state index contributed by atoms with van der Waals surface area (Å²) in [6.45, 7) is 0.183. The predicted molar refractivity (Wildman–Crippen MR) is 77.5 cm³/mol. The minimum atomic E-state index is -1.58. The summed E-state index contributed by atoms with van der Waals surface area (Å²) in [5.74, 6) is 0. The Labute approximate surface area is 129 Å². The number of alkyl halides is 3. The van der Waals surface area contributed by atoms with Crippen molar-refractivity contribution in [3.8, 4) is 0 Å². The summed E-state index contributed by atoms with van der Waals surface area (Å²) < 4.78 is 4.14. The van der Waals surface area contributed by atoms with Gasteiger partial charge in [-0.05, 0) is 24.1 Å². The highest BCUT2D eigenvalue weighted by Gasteiger charge is 2.21. The van der Waals surface area contributed by atoms with Crippen molar-refractivity contribution in [3.05, 3.63) is 34.3 Å². The fourth-order valence-electron chi connectivity index (χ4n) is 1.16. The van der Waals surface area contributed by atoms with Gasteiger partial charge in [0.25, 0.3) is 0 Å². The van der Waals surface area contributed by atoms with Gasteiger partial charge >= 0.3 is 6.09 Å². The molecule has 1 amide bonds. The summed E-state index contributed by atoms with van der Waals surface area (Å²) in [6.07, 6.45) is 0.106. The van der Waals surface area contributed by atoms with E-state index in [4.69, 9.17) is 39.5 Å². The molecule has 0 bridgehead atoms. The molecule has 0 radical (unpaired) electrons. The van der Waals surface area contributed by atoms with Crippen LogP contribution in [-0.4, -0.2) is 23.0 Å². The van der Waals surface area contributed by atoms with Gasteiger partial charge in [-0.2, -0.15) is 0 Å². The van der Waals surface area contributed by atoms with Crippen molar-refractivity contribution in [2.75, 3.05) is 13.2 Å². The van der Waals surface area contributed by atoms with Gasteiger partial charge in [-0.1, -0.05) is 62.9 Å². The van der Waals surface area contributed by atoms with Crippen LogP contribution in [0.5, 0.6) is 0 Å². The van der Waals surface area contributed by atoms with E-state index in [0.717, 1.165) is 10.0 Å². The second kappa shape index (κ2) is 7.43. The number of carbonyl (C=O) groups is 1. The number of hydrogen-bond donors (Lipinski definition) is 1. The van der Waals surface area contributed by atoms with Gasteiger partial charge in [0.05, 0.1) is 0 Å². The Morgan fingerprint density at radius 3 is 2.44 bits per heavy atom. The molecule has 0 atom stereocenters. The van der Waals surface area contributed by atoms with Crippen LogP contribution >= 0.6 is 50.7 Å². The molecule has 0 heterocycles. The number of halogens is 4. The minimum Gasteiger partial charge on any atom is -0.445 e. The lowest BCUT2D eigenvalue weighted by molar-refractivity contribution is 0.148. The normalized spacial score (nSPS) is 11.1. The molecule has 1 aromatic rings. The molecule has 18 heavy (non-hydrogen) atoms. The summed E-state index contributed by atoms with van der Waals surface area (Å²) in [5.41, 5.74) is 1.11. The molecular weight excluding hydrogens is 364 g/mol. The van der Waals surface area contributed by atoms with Crippen LogP contribution in [-0.2, 0) is 11.2 Å². The number of carbonyl (C=O) groups excluding carboxylic acids is 1. The first-order valence-electron chi connectivity index (χ1n) is 5.08. The van der Waals surface area contributed by atoms with Crippen LogP contribution in [0.3, 0.4) is 0 Å². The summed E-state index contributed by atoms with van der Waals surface area (Å²) in [5, 5.41) is 2.57. The van der Waals surface area contributed by atoms with Crippen LogP contribution in [0.2, 0.25) is 0 Å². The molecular formula is C11H11BrCl3NO2. The van der Waals surface area contributed by atoms with E-state index in [1.165, 1.54) is 0 Å². The Kier molecular flexibility index (Phi) is 6.57. The van der Waals surface area contributed by atoms with E-state index in [1.807, 2.05) is 24.3 Å². The van der Waals surface area contributed by atoms with E-state index in [0.29, 0.717) is 13.0 Å². The number of rotatable bonds is 4. The minimum absolute atomic E-state index is 0.276. The van der Waals surface area contributed by atoms with Crippen LogP contribution in [0.15, 0.2) is 28.7 Å². The second-order valence-corrected chi connectivity index (χ2v) is 6.93. The Bertz CT molecular complexity index is 392. The van der Waals surface area contributed by atoms with Crippen molar-refractivity contribution in [1.82, 2.24) is 5.32 Å². The maximum atomic E-state index is 11.2. The van der Waals surface area contributed by atoms with Gasteiger partial charge in [0.2, 0.25) is 3.79 Å². The average molecular weight is 375 g/mol. The molecule has 0 saturated carbocycles. The lowest BCUT2D eigenvalue weighted by Gasteiger charge is -2.11. The number of benzene rings is 1. The highest BCUT2D eigenvalue weighted by atomic mass is 79.9. The smallest absolute Gasteiger partial charge is 0.407 e. The SMILES string of the molecule is O=C(NCCc1ccc(Br)cc1)OCC(Cl)(Cl)Cl. The second-order valence-electron chi connectivity index (χ2n) is 3.49. The van der Waals surface area contributed by atoms with Crippen molar-refractivity contribution in [1.29, 1.82) is 0 Å². The van der Waals surface area contributed by atoms with Gasteiger partial charge in [0.15, 0.2) is 0 Å². The average Bonchev–Trinajstić information content (AvgIpc) is 2.28. The Morgan fingerprint density at radius 1 is 1.28 bits per heavy atom. The van der Waals surface area contributed by atoms with Gasteiger partial charge in [0, 0.05) is 11.0 Å². The zero-order chi connectivity index (χ0) is 13.6. The van der Waals surface area contributed by atoms with Crippen LogP contribution in [0.1, 0.15) is 5.56 Å². The van der Waals surface area contributed by atoms with Gasteiger partial charge in [-0.3, -0.25) is 0 Å². The highest BCUT2D eigenvalue weighted by Crippen LogP contribution is 2.25. The van der Waals surface area contributed by atoms with E-state index >= 15 is 0 Å². The maximum absolute atomic E-state index is 11.2. The predicted octanol–water partition coefficient (Wildman–Crippen LogP) is 4.09. The van der Waals surface area contributed by atoms with Gasteiger partial charge in [-0.15, -0.1) is 0 Å². The topological polar surface area (TPSA) is 38.3 Å². The van der Waals surface area contributed by atoms with Crippen LogP contribution in [0.25, 0.3) is 0 Å². The molecule has 0 saturated heterocycles. The largest absolute Gasteiger partial charge is 0.445 e. The third-order valence-electron chi connectivity index (χ3n) is 1.96. The van der Waals surface area contributed by atoms with E-state index < -0.39 is 9.89 Å². The molecule has 1 aromatic carbocycles. The lowest BCUT2D eigenvalue weighted by atomic mass is 10.1. The number of hydrogen-bond acceptors (Lipinski definition) is 2. The summed E-state index contributed by atoms with van der Waals surface area (Å²) in [4.78, 5) is 11.2. The quantitative estimate of drug-likeness (QED) is 0.805. The number of nitrogens with one attached hydrogen (secondary N) is 1. The standard InChI is InChI=1S/C11H11BrCl3NO2/c12-9-3-1-8(2-4-9)5-6-16-10(17)18-7-11(13,14)15/h1-4H,5-7H2,(H,16,17). The van der Waals surface area contributed by atoms with Crippen LogP contribution in [0.4, 0.5) is 4.79 Å². The van der Waals surface area contributed by atoms with E-state index in [-0.39, 0.29) is 6.61 Å². The molecule has 0 spiro atoms. The van der Waals surface area contributed by atoms with E-state index in [1.54, 1.807) is 0 Å². The van der Waals surface area contributed by atoms with E-state index in [2.05, 4.69) is 21.2 Å². The third kappa shape index (κ3) is 7.31. The Morgan fingerprint density at radius 2 is 1.89 bits per heavy atom. The van der Waals surface area contributed by atoms with Crippen molar-refractivity contribution in [3.63, 3.8) is 0 Å². The molecule has 1 N–H and O–H groups in total. The van der Waals surface area contributed by atoms with Gasteiger partial charge < -0.3 is 10.1 Å². The molecule has 3 nitrogen and oxygen atoms in total. The zero-order valence-electron chi connectivity index (χ0n) is 9.26. The molecule has 0 aliphatic rings. The Balaban J connectivity index is 2.21. The zero-order valence-corrected chi connectivity index (χ0v) is 13.1. The molecule has 0 aromatic heterocycles. The number of alkyl carbamates (subject to hydrolysis) is 1. The highest BCUT2D eigenvalue weighted by molar-refractivity contribution is 9.10. The summed E-state index contributed by atoms with van der Waals surface area (Å²) in [7, 11) is 0. The first kappa shape index (κ1) is 15.9. The molecule has 0 aliphatic heterocycles. The fourth-order valence-corrected chi connectivity index (χ4v) is 1.59. The lowest BCUT2D eigenvalue weighted by Crippen LogP contribution is -2.29. The fraction of sp³-hybridized carbons (Fsp3) is 0.364. The molecule has 0 unspecified atom stereocenters. The van der Waals surface area contributed by atoms with Crippen molar-refractivity contribution >= 4 is 56.8 Å². The van der Waals surface area contributed by atoms with Crippen LogP contribution < -0.4 is 5.32 Å². The van der Waals surface area contributed by atoms with Gasteiger partial charge in [0.1, 0.15) is 6.61 Å². The molecule has 7 heteroatoms. The summed E-state index contributed by atoms with van der Waals surface area (Å²) >= 11 is 19.7. The van der Waals surface area contributed by atoms with Crippen molar-refractivity contribution < 1.29 is 9.53 Å². The van der Waals surface area contributed by atoms with Crippen molar-refractivity contribution in [2.45, 2.75) is 10.2 Å². The molecule has 0 aliphatic carbocycles. The van der Waals surface area contributed by atoms with Gasteiger partial charge in [-0.25, -0.2) is 4.79 Å². The first-order chi connectivity index (χ1) is 8.37. The third-order valence-corrected chi connectivity index (χ3v) is 2.82. The number of ether oxygens (including phenoxy) is 1. The van der Waals surface area contributed by atoms with Crippen molar-refractivity contribution in [2.24, 2.45) is 0 Å². The number of amides is 1.